The molecule has 2 aromatic carbocycles. The summed E-state index contributed by atoms with van der Waals surface area (Å²) < 4.78 is 18.8. The first kappa shape index (κ1) is 14.3. The van der Waals surface area contributed by atoms with Crippen LogP contribution in [-0.4, -0.2) is 11.1 Å². The number of para-hydroxylation sites is 1. The lowest BCUT2D eigenvalue weighted by molar-refractivity contribution is -0.136. The molecule has 0 heterocycles. The van der Waals surface area contributed by atoms with Crippen molar-refractivity contribution in [2.75, 3.05) is 0 Å². The molecule has 104 valence electrons. The molecule has 0 aromatic heterocycles. The van der Waals surface area contributed by atoms with Gasteiger partial charge in [-0.1, -0.05) is 41.9 Å². The van der Waals surface area contributed by atoms with Crippen LogP contribution in [0.4, 0.5) is 4.39 Å². The van der Waals surface area contributed by atoms with Gasteiger partial charge in [0.25, 0.3) is 0 Å². The third kappa shape index (κ3) is 3.48. The van der Waals surface area contributed by atoms with Crippen molar-refractivity contribution in [1.82, 2.24) is 0 Å². The van der Waals surface area contributed by atoms with Crippen LogP contribution < -0.4 is 4.74 Å². The van der Waals surface area contributed by atoms with Gasteiger partial charge in [-0.3, -0.25) is 4.79 Å². The molecule has 0 unspecified atom stereocenters. The van der Waals surface area contributed by atoms with E-state index >= 15 is 0 Å². The Labute approximate surface area is 120 Å². The molecule has 2 aromatic rings. The standard InChI is InChI=1S/C15H12ClFO3/c16-15-11(5-3-6-12(15)17)9-20-13-7-2-1-4-10(13)8-14(18)19/h1-7H,8-9H2,(H,18,19). The van der Waals surface area contributed by atoms with Gasteiger partial charge < -0.3 is 9.84 Å². The Kier molecular flexibility index (Phi) is 4.58. The quantitative estimate of drug-likeness (QED) is 0.915. The molecule has 2 rings (SSSR count). The largest absolute Gasteiger partial charge is 0.489 e. The Balaban J connectivity index is 2.15. The van der Waals surface area contributed by atoms with E-state index in [2.05, 4.69) is 0 Å². The number of benzene rings is 2. The number of aliphatic carboxylic acids is 1. The first-order valence-corrected chi connectivity index (χ1v) is 6.31. The predicted molar refractivity (Wildman–Crippen MR) is 73.5 cm³/mol. The number of ether oxygens (including phenoxy) is 1. The molecule has 0 aliphatic carbocycles. The fourth-order valence-corrected chi connectivity index (χ4v) is 1.95. The first-order chi connectivity index (χ1) is 9.58. The van der Waals surface area contributed by atoms with Gasteiger partial charge in [0.1, 0.15) is 18.2 Å². The zero-order chi connectivity index (χ0) is 14.5. The van der Waals surface area contributed by atoms with Gasteiger partial charge in [-0.05, 0) is 12.1 Å². The average Bonchev–Trinajstić information content (AvgIpc) is 2.41. The number of halogens is 2. The molecule has 0 saturated carbocycles. The molecule has 0 radical (unpaired) electrons. The van der Waals surface area contributed by atoms with Crippen molar-refractivity contribution in [3.63, 3.8) is 0 Å². The smallest absolute Gasteiger partial charge is 0.307 e. The summed E-state index contributed by atoms with van der Waals surface area (Å²) in [6.45, 7) is 0.0766. The molecule has 0 atom stereocenters. The Hall–Kier alpha value is -2.07. The van der Waals surface area contributed by atoms with Gasteiger partial charge in [-0.15, -0.1) is 0 Å². The molecule has 0 aliphatic heterocycles. The van der Waals surface area contributed by atoms with Gasteiger partial charge in [0, 0.05) is 11.1 Å². The van der Waals surface area contributed by atoms with Crippen molar-refractivity contribution in [2.45, 2.75) is 13.0 Å². The number of hydrogen-bond donors (Lipinski definition) is 1. The fourth-order valence-electron chi connectivity index (χ4n) is 1.77. The molecule has 1 N–H and O–H groups in total. The highest BCUT2D eigenvalue weighted by atomic mass is 35.5. The number of carbonyl (C=O) groups is 1. The summed E-state index contributed by atoms with van der Waals surface area (Å²) in [6, 6.07) is 11.3. The van der Waals surface area contributed by atoms with Crippen LogP contribution in [0.5, 0.6) is 5.75 Å². The first-order valence-electron chi connectivity index (χ1n) is 5.93. The van der Waals surface area contributed by atoms with E-state index in [1.807, 2.05) is 0 Å². The highest BCUT2D eigenvalue weighted by Gasteiger charge is 2.10. The molecule has 5 heteroatoms. The van der Waals surface area contributed by atoms with Gasteiger partial charge in [-0.25, -0.2) is 4.39 Å². The van der Waals surface area contributed by atoms with E-state index in [0.29, 0.717) is 16.9 Å². The summed E-state index contributed by atoms with van der Waals surface area (Å²) in [7, 11) is 0. The zero-order valence-corrected chi connectivity index (χ0v) is 11.2. The SMILES string of the molecule is O=C(O)Cc1ccccc1OCc1cccc(F)c1Cl. The van der Waals surface area contributed by atoms with Crippen molar-refractivity contribution in [3.05, 3.63) is 64.4 Å². The lowest BCUT2D eigenvalue weighted by atomic mass is 10.1. The molecule has 3 nitrogen and oxygen atoms in total. The Morgan fingerprint density at radius 1 is 1.15 bits per heavy atom. The third-order valence-electron chi connectivity index (χ3n) is 2.73. The lowest BCUT2D eigenvalue weighted by Crippen LogP contribution is -2.04. The van der Waals surface area contributed by atoms with Crippen molar-refractivity contribution < 1.29 is 19.0 Å². The number of carboxylic acids is 1. The molecule has 0 amide bonds. The third-order valence-corrected chi connectivity index (χ3v) is 3.15. The molecule has 0 aliphatic rings. The second-order valence-corrected chi connectivity index (χ2v) is 4.56. The highest BCUT2D eigenvalue weighted by molar-refractivity contribution is 6.31. The maximum Gasteiger partial charge on any atom is 0.307 e. The average molecular weight is 295 g/mol. The summed E-state index contributed by atoms with van der Waals surface area (Å²) in [5, 5.41) is 8.85. The second kappa shape index (κ2) is 6.39. The van der Waals surface area contributed by atoms with Crippen LogP contribution in [0.25, 0.3) is 0 Å². The Morgan fingerprint density at radius 2 is 1.85 bits per heavy atom. The van der Waals surface area contributed by atoms with Crippen LogP contribution in [0.2, 0.25) is 5.02 Å². The van der Waals surface area contributed by atoms with Gasteiger partial charge >= 0.3 is 5.97 Å². The minimum absolute atomic E-state index is 0.0169. The Bertz CT molecular complexity index is 628. The topological polar surface area (TPSA) is 46.5 Å². The lowest BCUT2D eigenvalue weighted by Gasteiger charge is -2.11. The van der Waals surface area contributed by atoms with E-state index in [4.69, 9.17) is 21.4 Å². The fraction of sp³-hybridized carbons (Fsp3) is 0.133. The van der Waals surface area contributed by atoms with E-state index in [-0.39, 0.29) is 18.1 Å². The second-order valence-electron chi connectivity index (χ2n) is 4.18. The minimum Gasteiger partial charge on any atom is -0.489 e. The van der Waals surface area contributed by atoms with Crippen LogP contribution in [0.1, 0.15) is 11.1 Å². The van der Waals surface area contributed by atoms with Crippen molar-refractivity contribution in [1.29, 1.82) is 0 Å². The van der Waals surface area contributed by atoms with Crippen molar-refractivity contribution in [2.24, 2.45) is 0 Å². The van der Waals surface area contributed by atoms with E-state index in [1.165, 1.54) is 6.07 Å². The van der Waals surface area contributed by atoms with Crippen LogP contribution in [-0.2, 0) is 17.8 Å². The molecule has 0 saturated heterocycles. The summed E-state index contributed by atoms with van der Waals surface area (Å²) in [5.41, 5.74) is 1.07. The van der Waals surface area contributed by atoms with Crippen molar-refractivity contribution in [3.8, 4) is 5.75 Å². The Morgan fingerprint density at radius 3 is 2.60 bits per heavy atom. The van der Waals surface area contributed by atoms with Crippen LogP contribution >= 0.6 is 11.6 Å². The monoisotopic (exact) mass is 294 g/mol. The van der Waals surface area contributed by atoms with Gasteiger partial charge in [0.2, 0.25) is 0 Å². The number of carboxylic acid groups (broad SMARTS) is 1. The molecule has 0 bridgehead atoms. The summed E-state index contributed by atoms with van der Waals surface area (Å²) in [4.78, 5) is 10.8. The molecule has 0 spiro atoms. The van der Waals surface area contributed by atoms with Crippen LogP contribution in [0.3, 0.4) is 0 Å². The molecular formula is C15H12ClFO3. The zero-order valence-electron chi connectivity index (χ0n) is 10.5. The summed E-state index contributed by atoms with van der Waals surface area (Å²) >= 11 is 5.83. The number of hydrogen-bond acceptors (Lipinski definition) is 2. The minimum atomic E-state index is -0.940. The molecule has 0 fully saturated rings. The normalized spacial score (nSPS) is 10.3. The molecular weight excluding hydrogens is 283 g/mol. The van der Waals surface area contributed by atoms with E-state index in [0.717, 1.165) is 0 Å². The van der Waals surface area contributed by atoms with Crippen molar-refractivity contribution >= 4 is 17.6 Å². The number of rotatable bonds is 5. The maximum atomic E-state index is 13.3. The van der Waals surface area contributed by atoms with Gasteiger partial charge in [0.15, 0.2) is 0 Å². The highest BCUT2D eigenvalue weighted by Crippen LogP contribution is 2.24. The molecule has 20 heavy (non-hydrogen) atoms. The maximum absolute atomic E-state index is 13.3. The van der Waals surface area contributed by atoms with E-state index < -0.39 is 11.8 Å². The van der Waals surface area contributed by atoms with E-state index in [9.17, 15) is 9.18 Å². The van der Waals surface area contributed by atoms with Gasteiger partial charge in [-0.2, -0.15) is 0 Å². The van der Waals surface area contributed by atoms with Crippen LogP contribution in [0, 0.1) is 5.82 Å². The van der Waals surface area contributed by atoms with Crippen LogP contribution in [0.15, 0.2) is 42.5 Å². The predicted octanol–water partition coefficient (Wildman–Crippen LogP) is 3.69. The summed E-state index contributed by atoms with van der Waals surface area (Å²) in [6.07, 6.45) is -0.132. The summed E-state index contributed by atoms with van der Waals surface area (Å²) in [5.74, 6) is -0.994. The van der Waals surface area contributed by atoms with E-state index in [1.54, 1.807) is 36.4 Å². The van der Waals surface area contributed by atoms with Gasteiger partial charge in [0.05, 0.1) is 11.4 Å².